The van der Waals surface area contributed by atoms with Crippen molar-refractivity contribution < 1.29 is 24.2 Å². The van der Waals surface area contributed by atoms with Gasteiger partial charge in [0.2, 0.25) is 0 Å². The Kier molecular flexibility index (Phi) is 9.26. The Labute approximate surface area is 195 Å². The van der Waals surface area contributed by atoms with E-state index < -0.39 is 30.3 Å². The first kappa shape index (κ1) is 24.6. The number of nitrogens with zero attached hydrogens (tertiary/aromatic N) is 6. The van der Waals surface area contributed by atoms with Gasteiger partial charge in [0.1, 0.15) is 19.2 Å². The summed E-state index contributed by atoms with van der Waals surface area (Å²) < 4.78 is 7.09. The Morgan fingerprint density at radius 2 is 1.94 bits per heavy atom. The lowest BCUT2D eigenvalue weighted by Crippen LogP contribution is -2.44. The Morgan fingerprint density at radius 3 is 2.68 bits per heavy atom. The molecule has 12 heteroatoms. The van der Waals surface area contributed by atoms with Gasteiger partial charge in [-0.2, -0.15) is 4.80 Å². The third kappa shape index (κ3) is 8.45. The maximum Gasteiger partial charge on any atom is 0.408 e. The number of aryl methyl sites for hydroxylation is 2. The minimum atomic E-state index is -1.28. The second kappa shape index (κ2) is 12.8. The number of carbonyl (C=O) groups is 3. The molecule has 2 aromatic heterocycles. The number of tetrazole rings is 1. The van der Waals surface area contributed by atoms with Gasteiger partial charge in [-0.3, -0.25) is 9.59 Å². The number of ether oxygens (including phenoxy) is 1. The highest BCUT2D eigenvalue weighted by Crippen LogP contribution is 2.05. The number of ketones is 1. The van der Waals surface area contributed by atoms with E-state index in [0.717, 1.165) is 36.2 Å². The van der Waals surface area contributed by atoms with Crippen LogP contribution in [0.4, 0.5) is 4.79 Å². The number of aliphatic carboxylic acids is 1. The predicted molar refractivity (Wildman–Crippen MR) is 118 cm³/mol. The molecule has 34 heavy (non-hydrogen) atoms. The van der Waals surface area contributed by atoms with Crippen LogP contribution in [0.5, 0.6) is 0 Å². The maximum atomic E-state index is 12.6. The normalized spacial score (nSPS) is 11.6. The molecule has 0 aliphatic rings. The zero-order chi connectivity index (χ0) is 24.2. The molecule has 1 atom stereocenters. The minimum Gasteiger partial charge on any atom is -0.481 e. The van der Waals surface area contributed by atoms with Gasteiger partial charge < -0.3 is 19.7 Å². The smallest absolute Gasteiger partial charge is 0.408 e. The molecule has 12 nitrogen and oxygen atoms in total. The zero-order valence-corrected chi connectivity index (χ0v) is 18.6. The van der Waals surface area contributed by atoms with E-state index in [2.05, 4.69) is 25.7 Å². The van der Waals surface area contributed by atoms with Gasteiger partial charge in [-0.1, -0.05) is 36.8 Å². The second-order valence-corrected chi connectivity index (χ2v) is 7.67. The number of hydrogen-bond acceptors (Lipinski definition) is 8. The van der Waals surface area contributed by atoms with Crippen molar-refractivity contribution in [1.29, 1.82) is 0 Å². The molecule has 0 aliphatic carbocycles. The summed E-state index contributed by atoms with van der Waals surface area (Å²) in [6.07, 6.45) is 7.41. The molecule has 0 aliphatic heterocycles. The fraction of sp³-hybridized carbons (Fsp3) is 0.409. The van der Waals surface area contributed by atoms with Crippen molar-refractivity contribution in [3.05, 3.63) is 60.4 Å². The number of rotatable bonds is 14. The molecular formula is C22H27N7O5. The highest BCUT2D eigenvalue weighted by atomic mass is 16.5. The van der Waals surface area contributed by atoms with Crippen molar-refractivity contribution in [3.63, 3.8) is 0 Å². The van der Waals surface area contributed by atoms with E-state index in [1.54, 1.807) is 36.8 Å². The van der Waals surface area contributed by atoms with E-state index in [9.17, 15) is 14.4 Å². The number of carbonyl (C=O) groups excluding carboxylic acids is 2. The number of imidazole rings is 1. The predicted octanol–water partition coefficient (Wildman–Crippen LogP) is 1.62. The molecule has 1 amide bonds. The van der Waals surface area contributed by atoms with Gasteiger partial charge >= 0.3 is 12.1 Å². The molecule has 0 bridgehead atoms. The van der Waals surface area contributed by atoms with E-state index in [4.69, 9.17) is 9.84 Å². The molecule has 1 aromatic carbocycles. The van der Waals surface area contributed by atoms with Gasteiger partial charge in [0.05, 0.1) is 12.7 Å². The average molecular weight is 470 g/mol. The zero-order valence-electron chi connectivity index (χ0n) is 18.6. The standard InChI is InChI=1S/C22H27N7O5/c30-19(18(13-21(31)32)24-22(33)34-15-17-7-3-1-4-8-17)14-29-26-20(25-27-29)9-5-2-6-11-28-12-10-23-16-28/h1,3-4,7-8,10,12,16,18H,2,5-6,9,11,13-15H2,(H,24,33)(H,31,32). The maximum absolute atomic E-state index is 12.6. The van der Waals surface area contributed by atoms with E-state index in [0.29, 0.717) is 12.2 Å². The first-order valence-corrected chi connectivity index (χ1v) is 10.9. The lowest BCUT2D eigenvalue weighted by atomic mass is 10.1. The number of carboxylic acids is 1. The van der Waals surface area contributed by atoms with Gasteiger partial charge in [0.25, 0.3) is 0 Å². The third-order valence-electron chi connectivity index (χ3n) is 4.94. The Morgan fingerprint density at radius 1 is 1.12 bits per heavy atom. The summed E-state index contributed by atoms with van der Waals surface area (Å²) in [6.45, 7) is 0.571. The summed E-state index contributed by atoms with van der Waals surface area (Å²) in [4.78, 5) is 41.0. The average Bonchev–Trinajstić information content (AvgIpc) is 3.50. The molecule has 0 radical (unpaired) electrons. The molecule has 0 fully saturated rings. The quantitative estimate of drug-likeness (QED) is 0.335. The van der Waals surface area contributed by atoms with Gasteiger partial charge in [0.15, 0.2) is 11.6 Å². The van der Waals surface area contributed by atoms with Crippen molar-refractivity contribution in [3.8, 4) is 0 Å². The number of Topliss-reactive ketones (excluding diaryl/α,β-unsaturated/α-hetero) is 1. The summed E-state index contributed by atoms with van der Waals surface area (Å²) in [7, 11) is 0. The van der Waals surface area contributed by atoms with Gasteiger partial charge in [-0.25, -0.2) is 9.78 Å². The molecule has 3 aromatic rings. The molecule has 180 valence electrons. The van der Waals surface area contributed by atoms with E-state index in [-0.39, 0.29) is 13.2 Å². The number of benzene rings is 1. The van der Waals surface area contributed by atoms with Crippen LogP contribution in [0.3, 0.4) is 0 Å². The van der Waals surface area contributed by atoms with Gasteiger partial charge in [-0.15, -0.1) is 10.2 Å². The molecule has 1 unspecified atom stereocenters. The Balaban J connectivity index is 1.43. The first-order valence-electron chi connectivity index (χ1n) is 10.9. The van der Waals surface area contributed by atoms with Crippen LogP contribution >= 0.6 is 0 Å². The summed E-state index contributed by atoms with van der Waals surface area (Å²) in [6, 6.07) is 7.71. The molecular weight excluding hydrogens is 442 g/mol. The lowest BCUT2D eigenvalue weighted by Gasteiger charge is -2.15. The fourth-order valence-electron chi connectivity index (χ4n) is 3.19. The monoisotopic (exact) mass is 469 g/mol. The van der Waals surface area contributed by atoms with E-state index in [1.165, 1.54) is 0 Å². The Bertz CT molecular complexity index is 1050. The molecule has 2 N–H and O–H groups in total. The van der Waals surface area contributed by atoms with Crippen LogP contribution in [0.2, 0.25) is 0 Å². The molecule has 0 saturated heterocycles. The second-order valence-electron chi connectivity index (χ2n) is 7.67. The van der Waals surface area contributed by atoms with Crippen molar-refractivity contribution in [2.24, 2.45) is 0 Å². The number of hydrogen-bond donors (Lipinski definition) is 2. The van der Waals surface area contributed by atoms with Crippen LogP contribution in [-0.2, 0) is 40.4 Å². The van der Waals surface area contributed by atoms with Crippen LogP contribution in [0.1, 0.15) is 37.1 Å². The number of amides is 1. The lowest BCUT2D eigenvalue weighted by molar-refractivity contribution is -0.139. The van der Waals surface area contributed by atoms with Crippen LogP contribution in [-0.4, -0.2) is 58.8 Å². The van der Waals surface area contributed by atoms with Crippen LogP contribution < -0.4 is 5.32 Å². The van der Waals surface area contributed by atoms with Gasteiger partial charge in [-0.05, 0) is 23.6 Å². The van der Waals surface area contributed by atoms with E-state index in [1.807, 2.05) is 16.8 Å². The summed E-state index contributed by atoms with van der Waals surface area (Å²) in [5.41, 5.74) is 0.764. The molecule has 0 saturated carbocycles. The minimum absolute atomic E-state index is 0.00301. The van der Waals surface area contributed by atoms with Crippen molar-refractivity contribution in [1.82, 2.24) is 35.1 Å². The Hall–Kier alpha value is -4.09. The topological polar surface area (TPSA) is 154 Å². The van der Waals surface area contributed by atoms with Crippen LogP contribution in [0.25, 0.3) is 0 Å². The summed E-state index contributed by atoms with van der Waals surface area (Å²) in [5, 5.41) is 23.4. The summed E-state index contributed by atoms with van der Waals surface area (Å²) in [5.74, 6) is -1.30. The highest BCUT2D eigenvalue weighted by Gasteiger charge is 2.25. The SMILES string of the molecule is O=C(O)CC(NC(=O)OCc1ccccc1)C(=O)Cn1nnc(CCCCCn2ccnc2)n1. The molecule has 0 spiro atoms. The number of alkyl carbamates (subject to hydrolysis) is 1. The number of unbranched alkanes of at least 4 members (excludes halogenated alkanes) is 2. The number of aromatic nitrogens is 6. The van der Waals surface area contributed by atoms with Crippen LogP contribution in [0, 0.1) is 0 Å². The molecule has 2 heterocycles. The van der Waals surface area contributed by atoms with Crippen molar-refractivity contribution in [2.45, 2.75) is 57.8 Å². The largest absolute Gasteiger partial charge is 0.481 e. The van der Waals surface area contributed by atoms with Crippen molar-refractivity contribution in [2.75, 3.05) is 0 Å². The van der Waals surface area contributed by atoms with Crippen molar-refractivity contribution >= 4 is 17.8 Å². The third-order valence-corrected chi connectivity index (χ3v) is 4.94. The first-order chi connectivity index (χ1) is 16.5. The summed E-state index contributed by atoms with van der Waals surface area (Å²) >= 11 is 0. The fourth-order valence-corrected chi connectivity index (χ4v) is 3.19. The van der Waals surface area contributed by atoms with Gasteiger partial charge in [0, 0.05) is 25.4 Å². The van der Waals surface area contributed by atoms with E-state index >= 15 is 0 Å². The van der Waals surface area contributed by atoms with Crippen LogP contribution in [0.15, 0.2) is 49.1 Å². The highest BCUT2D eigenvalue weighted by molar-refractivity contribution is 5.90. The number of carboxylic acid groups (broad SMARTS) is 1. The molecule has 3 rings (SSSR count). The number of nitrogens with one attached hydrogen (secondary N) is 1.